The number of ketones is 1. The molecule has 4 heteroatoms. The van der Waals surface area contributed by atoms with E-state index in [2.05, 4.69) is 28.1 Å². The molecule has 0 radical (unpaired) electrons. The Morgan fingerprint density at radius 3 is 2.64 bits per heavy atom. The van der Waals surface area contributed by atoms with Gasteiger partial charge in [0.1, 0.15) is 11.7 Å². The van der Waals surface area contributed by atoms with Gasteiger partial charge in [-0.2, -0.15) is 0 Å². The lowest BCUT2D eigenvalue weighted by atomic mass is 9.78. The van der Waals surface area contributed by atoms with Crippen molar-refractivity contribution in [2.24, 2.45) is 5.92 Å². The van der Waals surface area contributed by atoms with Crippen molar-refractivity contribution in [3.63, 3.8) is 0 Å². The molecule has 2 atom stereocenters. The van der Waals surface area contributed by atoms with E-state index in [1.807, 2.05) is 42.5 Å². The Bertz CT molecular complexity index is 959. The number of fused-ring (bicyclic) bond motifs is 1. The summed E-state index contributed by atoms with van der Waals surface area (Å²) in [4.78, 5) is 26.1. The number of rotatable bonds is 4. The van der Waals surface area contributed by atoms with Crippen LogP contribution in [0.15, 0.2) is 76.8 Å². The first kappa shape index (κ1) is 18.9. The molecule has 142 valence electrons. The number of benzene rings is 2. The van der Waals surface area contributed by atoms with Gasteiger partial charge >= 0.3 is 5.97 Å². The predicted octanol–water partition coefficient (Wildman–Crippen LogP) is 6.01. The number of esters is 1. The van der Waals surface area contributed by atoms with Crippen LogP contribution in [0.3, 0.4) is 0 Å². The lowest BCUT2D eigenvalue weighted by molar-refractivity contribution is -0.138. The average molecular weight is 437 g/mol. The van der Waals surface area contributed by atoms with Gasteiger partial charge in [-0.15, -0.1) is 0 Å². The third kappa shape index (κ3) is 3.74. The van der Waals surface area contributed by atoms with Crippen LogP contribution in [0.1, 0.15) is 47.5 Å². The van der Waals surface area contributed by atoms with Gasteiger partial charge in [-0.1, -0.05) is 66.3 Å². The van der Waals surface area contributed by atoms with Crippen molar-refractivity contribution in [3.05, 3.63) is 87.9 Å². The molecule has 0 saturated carbocycles. The molecule has 2 aliphatic rings. The van der Waals surface area contributed by atoms with E-state index in [4.69, 9.17) is 4.74 Å². The molecule has 3 nitrogen and oxygen atoms in total. The van der Waals surface area contributed by atoms with Crippen LogP contribution >= 0.6 is 15.9 Å². The van der Waals surface area contributed by atoms with Gasteiger partial charge in [0.2, 0.25) is 0 Å². The van der Waals surface area contributed by atoms with Crippen LogP contribution in [0.25, 0.3) is 0 Å². The second-order valence-electron chi connectivity index (χ2n) is 7.20. The second kappa shape index (κ2) is 8.27. The molecular weight excluding hydrogens is 416 g/mol. The maximum atomic E-state index is 13.2. The van der Waals surface area contributed by atoms with Crippen LogP contribution in [-0.2, 0) is 4.79 Å². The molecule has 1 aliphatic carbocycles. The first-order valence-corrected chi connectivity index (χ1v) is 10.4. The zero-order valence-electron chi connectivity index (χ0n) is 15.4. The van der Waals surface area contributed by atoms with E-state index >= 15 is 0 Å². The van der Waals surface area contributed by atoms with Crippen LogP contribution in [0.2, 0.25) is 0 Å². The summed E-state index contributed by atoms with van der Waals surface area (Å²) in [6, 6.07) is 14.7. The number of halogens is 1. The lowest BCUT2D eigenvalue weighted by Crippen LogP contribution is -2.37. The molecule has 2 aromatic carbocycles. The van der Waals surface area contributed by atoms with Crippen LogP contribution < -0.4 is 4.74 Å². The number of ether oxygens (including phenoxy) is 1. The predicted molar refractivity (Wildman–Crippen MR) is 112 cm³/mol. The highest BCUT2D eigenvalue weighted by Gasteiger charge is 2.42. The van der Waals surface area contributed by atoms with Crippen molar-refractivity contribution in [1.82, 2.24) is 0 Å². The number of para-hydroxylation sites is 1. The molecule has 0 fully saturated rings. The molecular formula is C24H21BrO3. The summed E-state index contributed by atoms with van der Waals surface area (Å²) in [5.41, 5.74) is 2.65. The SMILES string of the molecule is O=C1Oc2c(Br)cccc2C(/C=C/C2=CCCCC2)C1C(=O)c1ccccc1. The number of carbonyl (C=O) groups excluding carboxylic acids is 2. The van der Waals surface area contributed by atoms with Crippen molar-refractivity contribution in [2.75, 3.05) is 0 Å². The molecule has 0 saturated heterocycles. The van der Waals surface area contributed by atoms with E-state index in [1.165, 1.54) is 18.4 Å². The monoisotopic (exact) mass is 436 g/mol. The largest absolute Gasteiger partial charge is 0.424 e. The van der Waals surface area contributed by atoms with Crippen molar-refractivity contribution >= 4 is 27.7 Å². The molecule has 0 spiro atoms. The first-order valence-electron chi connectivity index (χ1n) is 9.62. The summed E-state index contributed by atoms with van der Waals surface area (Å²) >= 11 is 3.47. The van der Waals surface area contributed by atoms with E-state index < -0.39 is 11.9 Å². The smallest absolute Gasteiger partial charge is 0.323 e. The molecule has 1 heterocycles. The molecule has 4 rings (SSSR count). The third-order valence-electron chi connectivity index (χ3n) is 5.36. The minimum Gasteiger partial charge on any atom is -0.424 e. The normalized spacial score (nSPS) is 21.8. The highest BCUT2D eigenvalue weighted by molar-refractivity contribution is 9.10. The van der Waals surface area contributed by atoms with Gasteiger partial charge < -0.3 is 4.74 Å². The number of carbonyl (C=O) groups is 2. The van der Waals surface area contributed by atoms with Gasteiger partial charge in [-0.25, -0.2) is 0 Å². The minimum atomic E-state index is -0.885. The fourth-order valence-corrected chi connectivity index (χ4v) is 4.36. The Kier molecular flexibility index (Phi) is 5.58. The molecule has 0 aromatic heterocycles. The summed E-state index contributed by atoms with van der Waals surface area (Å²) in [5, 5.41) is 0. The molecule has 2 unspecified atom stereocenters. The van der Waals surface area contributed by atoms with E-state index in [9.17, 15) is 9.59 Å². The molecule has 2 aromatic rings. The van der Waals surface area contributed by atoms with Crippen molar-refractivity contribution in [3.8, 4) is 5.75 Å². The minimum absolute atomic E-state index is 0.205. The molecule has 0 amide bonds. The topological polar surface area (TPSA) is 43.4 Å². The van der Waals surface area contributed by atoms with E-state index in [1.54, 1.807) is 12.1 Å². The average Bonchev–Trinajstić information content (AvgIpc) is 2.73. The summed E-state index contributed by atoms with van der Waals surface area (Å²) in [6.07, 6.45) is 10.9. The summed E-state index contributed by atoms with van der Waals surface area (Å²) < 4.78 is 6.31. The fraction of sp³-hybridized carbons (Fsp3) is 0.250. The Morgan fingerprint density at radius 2 is 1.89 bits per heavy atom. The van der Waals surface area contributed by atoms with Crippen LogP contribution in [0.4, 0.5) is 0 Å². The van der Waals surface area contributed by atoms with Gasteiger partial charge in [0.25, 0.3) is 0 Å². The van der Waals surface area contributed by atoms with Crippen molar-refractivity contribution < 1.29 is 14.3 Å². The number of hydrogen-bond donors (Lipinski definition) is 0. The van der Waals surface area contributed by atoms with Gasteiger partial charge in [0.05, 0.1) is 4.47 Å². The van der Waals surface area contributed by atoms with E-state index in [-0.39, 0.29) is 11.7 Å². The summed E-state index contributed by atoms with van der Waals surface area (Å²) in [5.74, 6) is -1.44. The van der Waals surface area contributed by atoms with Gasteiger partial charge in [-0.3, -0.25) is 9.59 Å². The number of Topliss-reactive ketones (excluding diaryl/α,β-unsaturated/α-hetero) is 1. The zero-order chi connectivity index (χ0) is 19.5. The Hall–Kier alpha value is -2.46. The zero-order valence-corrected chi connectivity index (χ0v) is 17.0. The lowest BCUT2D eigenvalue weighted by Gasteiger charge is -2.30. The van der Waals surface area contributed by atoms with E-state index in [0.717, 1.165) is 22.9 Å². The number of hydrogen-bond acceptors (Lipinski definition) is 3. The van der Waals surface area contributed by atoms with E-state index in [0.29, 0.717) is 11.3 Å². The highest BCUT2D eigenvalue weighted by Crippen LogP contribution is 2.44. The molecule has 0 N–H and O–H groups in total. The van der Waals surface area contributed by atoms with Crippen molar-refractivity contribution in [1.29, 1.82) is 0 Å². The third-order valence-corrected chi connectivity index (χ3v) is 5.98. The summed E-state index contributed by atoms with van der Waals surface area (Å²) in [7, 11) is 0. The number of allylic oxidation sites excluding steroid dienone is 4. The fourth-order valence-electron chi connectivity index (χ4n) is 3.89. The first-order chi connectivity index (χ1) is 13.6. The Morgan fingerprint density at radius 1 is 1.07 bits per heavy atom. The van der Waals surface area contributed by atoms with Crippen LogP contribution in [0.5, 0.6) is 5.75 Å². The van der Waals surface area contributed by atoms with Gasteiger partial charge in [0.15, 0.2) is 5.78 Å². The quantitative estimate of drug-likeness (QED) is 0.255. The molecule has 0 bridgehead atoms. The maximum Gasteiger partial charge on any atom is 0.323 e. The molecule has 28 heavy (non-hydrogen) atoms. The van der Waals surface area contributed by atoms with Crippen LogP contribution in [-0.4, -0.2) is 11.8 Å². The van der Waals surface area contributed by atoms with Gasteiger partial charge in [0, 0.05) is 17.0 Å². The van der Waals surface area contributed by atoms with Crippen LogP contribution in [0, 0.1) is 5.92 Å². The standard InChI is InChI=1S/C24H21BrO3/c25-20-13-7-12-19-18(15-14-16-8-3-1-4-9-16)21(24(27)28-23(19)20)22(26)17-10-5-2-6-11-17/h2,5-8,10-15,18,21H,1,3-4,9H2/b15-14+. The maximum absolute atomic E-state index is 13.2. The van der Waals surface area contributed by atoms with Gasteiger partial charge in [-0.05, 0) is 47.7 Å². The Balaban J connectivity index is 1.76. The summed E-state index contributed by atoms with van der Waals surface area (Å²) in [6.45, 7) is 0. The Labute approximate surface area is 173 Å². The van der Waals surface area contributed by atoms with Crippen molar-refractivity contribution in [2.45, 2.75) is 31.6 Å². The highest BCUT2D eigenvalue weighted by atomic mass is 79.9. The molecule has 1 aliphatic heterocycles. The second-order valence-corrected chi connectivity index (χ2v) is 8.05.